The van der Waals surface area contributed by atoms with Crippen LogP contribution in [-0.4, -0.2) is 16.5 Å². The van der Waals surface area contributed by atoms with Crippen molar-refractivity contribution in [2.24, 2.45) is 0 Å². The van der Waals surface area contributed by atoms with Crippen LogP contribution in [-0.2, 0) is 4.79 Å². The molecule has 0 N–H and O–H groups in total. The number of carbonyl (C=O) groups is 1. The minimum atomic E-state index is -0.0729. The largest absolute Gasteiger partial charge is 0.270 e. The first kappa shape index (κ1) is 16.8. The van der Waals surface area contributed by atoms with Gasteiger partial charge < -0.3 is 0 Å². The Morgan fingerprint density at radius 2 is 1.78 bits per heavy atom. The number of hydrogen-bond acceptors (Lipinski definition) is 4. The molecule has 3 rings (SSSR count). The average molecular weight is 422 g/mol. The van der Waals surface area contributed by atoms with Crippen LogP contribution in [0.15, 0.2) is 62.8 Å². The van der Waals surface area contributed by atoms with Gasteiger partial charge in [0.25, 0.3) is 5.91 Å². The van der Waals surface area contributed by atoms with Gasteiger partial charge in [-0.15, -0.1) is 11.8 Å². The smallest absolute Gasteiger partial charge is 0.268 e. The number of nitrogens with zero attached hydrogens (tertiary/aromatic N) is 1. The maximum absolute atomic E-state index is 12.7. The molecule has 116 valence electrons. The molecule has 1 aliphatic rings. The summed E-state index contributed by atoms with van der Waals surface area (Å²) in [6.07, 6.45) is 3.93. The Labute approximate surface area is 157 Å². The van der Waals surface area contributed by atoms with Gasteiger partial charge in [-0.3, -0.25) is 9.69 Å². The summed E-state index contributed by atoms with van der Waals surface area (Å²) in [4.78, 5) is 16.1. The Balaban J connectivity index is 1.88. The van der Waals surface area contributed by atoms with Crippen molar-refractivity contribution in [2.75, 3.05) is 11.2 Å². The maximum Gasteiger partial charge on any atom is 0.270 e. The van der Waals surface area contributed by atoms with E-state index in [9.17, 15) is 4.79 Å². The fourth-order valence-electron chi connectivity index (χ4n) is 2.13. The summed E-state index contributed by atoms with van der Waals surface area (Å²) in [5.74, 6) is -0.0729. The molecule has 1 saturated heterocycles. The molecular weight excluding hydrogens is 410 g/mol. The molecular formula is C17H12BrNOS3. The standard InChI is InChI=1S/C17H12BrNOS3/c1-22-14-8-2-11(3-9-14)10-15-16(20)19(17(21)23-15)13-6-4-12(18)5-7-13/h2-10H,1H3/b15-10-. The molecule has 0 spiro atoms. The van der Waals surface area contributed by atoms with E-state index in [1.54, 1.807) is 16.7 Å². The number of anilines is 1. The molecule has 0 aromatic heterocycles. The van der Waals surface area contributed by atoms with Crippen LogP contribution in [0.3, 0.4) is 0 Å². The molecule has 6 heteroatoms. The first-order chi connectivity index (χ1) is 11.1. The lowest BCUT2D eigenvalue weighted by atomic mass is 10.2. The summed E-state index contributed by atoms with van der Waals surface area (Å²) in [6.45, 7) is 0. The molecule has 0 unspecified atom stereocenters. The van der Waals surface area contributed by atoms with Crippen molar-refractivity contribution in [3.63, 3.8) is 0 Å². The summed E-state index contributed by atoms with van der Waals surface area (Å²) >= 11 is 11.8. The topological polar surface area (TPSA) is 20.3 Å². The summed E-state index contributed by atoms with van der Waals surface area (Å²) < 4.78 is 1.53. The van der Waals surface area contributed by atoms with Gasteiger partial charge in [0.1, 0.15) is 0 Å². The highest BCUT2D eigenvalue weighted by Gasteiger charge is 2.33. The van der Waals surface area contributed by atoms with E-state index in [4.69, 9.17) is 12.2 Å². The third kappa shape index (κ3) is 3.71. The number of rotatable bonds is 3. The number of carbonyl (C=O) groups excluding carboxylic acids is 1. The first-order valence-electron chi connectivity index (χ1n) is 6.76. The summed E-state index contributed by atoms with van der Waals surface area (Å²) in [5, 5.41) is 0. The lowest BCUT2D eigenvalue weighted by Gasteiger charge is -2.14. The van der Waals surface area contributed by atoms with Gasteiger partial charge in [-0.25, -0.2) is 0 Å². The van der Waals surface area contributed by atoms with Crippen molar-refractivity contribution < 1.29 is 4.79 Å². The van der Waals surface area contributed by atoms with Crippen LogP contribution >= 0.6 is 51.7 Å². The monoisotopic (exact) mass is 421 g/mol. The third-order valence-corrected chi connectivity index (χ3v) is 5.87. The average Bonchev–Trinajstić information content (AvgIpc) is 2.83. The van der Waals surface area contributed by atoms with E-state index in [1.165, 1.54) is 16.7 Å². The Hall–Kier alpha value is -1.08. The molecule has 0 aliphatic carbocycles. The first-order valence-corrected chi connectivity index (χ1v) is 10.0. The highest BCUT2D eigenvalue weighted by Crippen LogP contribution is 2.36. The lowest BCUT2D eigenvalue weighted by Crippen LogP contribution is -2.27. The van der Waals surface area contributed by atoms with Gasteiger partial charge in [0, 0.05) is 9.37 Å². The van der Waals surface area contributed by atoms with Crippen molar-refractivity contribution >= 4 is 73.7 Å². The van der Waals surface area contributed by atoms with E-state index in [-0.39, 0.29) is 5.91 Å². The molecule has 0 bridgehead atoms. The van der Waals surface area contributed by atoms with Gasteiger partial charge in [0.15, 0.2) is 4.32 Å². The van der Waals surface area contributed by atoms with Gasteiger partial charge in [-0.2, -0.15) is 0 Å². The molecule has 1 amide bonds. The highest BCUT2D eigenvalue weighted by molar-refractivity contribution is 9.10. The Morgan fingerprint density at radius 3 is 2.39 bits per heavy atom. The number of thioether (sulfide) groups is 2. The predicted octanol–water partition coefficient (Wildman–Crippen LogP) is 5.58. The molecule has 1 fully saturated rings. The van der Waals surface area contributed by atoms with Crippen molar-refractivity contribution in [1.82, 2.24) is 0 Å². The molecule has 23 heavy (non-hydrogen) atoms. The van der Waals surface area contributed by atoms with E-state index in [0.29, 0.717) is 9.23 Å². The fraction of sp³-hybridized carbons (Fsp3) is 0.0588. The maximum atomic E-state index is 12.7. The second-order valence-corrected chi connectivity index (χ2v) is 8.24. The number of benzene rings is 2. The highest BCUT2D eigenvalue weighted by atomic mass is 79.9. The number of amides is 1. The minimum absolute atomic E-state index is 0.0729. The quantitative estimate of drug-likeness (QED) is 0.366. The van der Waals surface area contributed by atoms with Crippen LogP contribution in [0.25, 0.3) is 6.08 Å². The number of hydrogen-bond donors (Lipinski definition) is 0. The lowest BCUT2D eigenvalue weighted by molar-refractivity contribution is -0.113. The van der Waals surface area contributed by atoms with Crippen molar-refractivity contribution in [2.45, 2.75) is 4.90 Å². The molecule has 2 aromatic carbocycles. The second-order valence-electron chi connectivity index (χ2n) is 4.77. The van der Waals surface area contributed by atoms with Crippen molar-refractivity contribution in [3.8, 4) is 0 Å². The minimum Gasteiger partial charge on any atom is -0.268 e. The third-order valence-electron chi connectivity index (χ3n) is 3.29. The zero-order chi connectivity index (χ0) is 16.4. The SMILES string of the molecule is CSc1ccc(/C=C2\SC(=S)N(c3ccc(Br)cc3)C2=O)cc1. The molecule has 0 atom stereocenters. The van der Waals surface area contributed by atoms with E-state index in [1.807, 2.05) is 60.9 Å². The summed E-state index contributed by atoms with van der Waals surface area (Å²) in [6, 6.07) is 15.7. The van der Waals surface area contributed by atoms with E-state index < -0.39 is 0 Å². The summed E-state index contributed by atoms with van der Waals surface area (Å²) in [5.41, 5.74) is 1.79. The van der Waals surface area contributed by atoms with Crippen LogP contribution in [0.1, 0.15) is 5.56 Å². The molecule has 0 radical (unpaired) electrons. The van der Waals surface area contributed by atoms with Crippen molar-refractivity contribution in [1.29, 1.82) is 0 Å². The van der Waals surface area contributed by atoms with Gasteiger partial charge >= 0.3 is 0 Å². The zero-order valence-corrected chi connectivity index (χ0v) is 16.2. The van der Waals surface area contributed by atoms with Gasteiger partial charge in [-0.1, -0.05) is 52.0 Å². The van der Waals surface area contributed by atoms with Crippen LogP contribution in [0.4, 0.5) is 5.69 Å². The predicted molar refractivity (Wildman–Crippen MR) is 108 cm³/mol. The van der Waals surface area contributed by atoms with E-state index in [2.05, 4.69) is 15.9 Å². The Kier molecular flexibility index (Phi) is 5.26. The molecule has 2 nitrogen and oxygen atoms in total. The van der Waals surface area contributed by atoms with E-state index >= 15 is 0 Å². The van der Waals surface area contributed by atoms with Crippen LogP contribution in [0.5, 0.6) is 0 Å². The summed E-state index contributed by atoms with van der Waals surface area (Å²) in [7, 11) is 0. The second kappa shape index (κ2) is 7.21. The Morgan fingerprint density at radius 1 is 1.13 bits per heavy atom. The van der Waals surface area contributed by atoms with Crippen molar-refractivity contribution in [3.05, 3.63) is 63.5 Å². The fourth-order valence-corrected chi connectivity index (χ4v) is 4.10. The van der Waals surface area contributed by atoms with Gasteiger partial charge in [0.2, 0.25) is 0 Å². The van der Waals surface area contributed by atoms with Gasteiger partial charge in [-0.05, 0) is 54.3 Å². The van der Waals surface area contributed by atoms with Crippen LogP contribution in [0, 0.1) is 0 Å². The molecule has 2 aromatic rings. The number of halogens is 1. The van der Waals surface area contributed by atoms with Crippen LogP contribution < -0.4 is 4.90 Å². The molecule has 0 saturated carbocycles. The van der Waals surface area contributed by atoms with Crippen LogP contribution in [0.2, 0.25) is 0 Å². The molecule has 1 heterocycles. The number of thiocarbonyl (C=S) groups is 1. The van der Waals surface area contributed by atoms with Gasteiger partial charge in [0.05, 0.1) is 10.6 Å². The van der Waals surface area contributed by atoms with E-state index in [0.717, 1.165) is 15.7 Å². The zero-order valence-electron chi connectivity index (χ0n) is 12.2. The molecule has 1 aliphatic heterocycles. The Bertz CT molecular complexity index is 784. The normalized spacial score (nSPS) is 16.4.